The largest absolute Gasteiger partial charge is 0.506 e. The number of nitrogens with zero attached hydrogens (tertiary/aromatic N) is 2. The van der Waals surface area contributed by atoms with E-state index in [2.05, 4.69) is 20.5 Å². The lowest BCUT2D eigenvalue weighted by Crippen LogP contribution is -2.13. The van der Waals surface area contributed by atoms with Crippen molar-refractivity contribution in [3.63, 3.8) is 0 Å². The van der Waals surface area contributed by atoms with Crippen LogP contribution in [0.15, 0.2) is 94.9 Å². The fourth-order valence-electron chi connectivity index (χ4n) is 3.72. The zero-order chi connectivity index (χ0) is 24.2. The van der Waals surface area contributed by atoms with Crippen LogP contribution in [-0.4, -0.2) is 26.2 Å². The van der Waals surface area contributed by atoms with Gasteiger partial charge in [0.2, 0.25) is 0 Å². The van der Waals surface area contributed by atoms with Gasteiger partial charge in [-0.2, -0.15) is 5.10 Å². The number of pyridine rings is 1. The van der Waals surface area contributed by atoms with E-state index in [0.29, 0.717) is 11.3 Å². The molecule has 2 heterocycles. The zero-order valence-electron chi connectivity index (χ0n) is 18.9. The normalized spacial score (nSPS) is 11.2. The number of phenolic OH excluding ortho intramolecular Hbond substituents is 1. The number of benzene rings is 3. The molecule has 5 aromatic rings. The first-order valence-electron chi connectivity index (χ1n) is 11.0. The van der Waals surface area contributed by atoms with E-state index in [1.807, 2.05) is 79.7 Å². The maximum absolute atomic E-state index is 13.1. The average Bonchev–Trinajstić information content (AvgIpc) is 3.28. The lowest BCUT2D eigenvalue weighted by Gasteiger charge is -2.13. The van der Waals surface area contributed by atoms with E-state index in [1.54, 1.807) is 24.4 Å². The smallest absolute Gasteiger partial charge is 0.256 e. The fraction of sp³-hybridized carbons (Fsp3) is 0.0357. The Kier molecular flexibility index (Phi) is 6.32. The molecule has 1 amide bonds. The number of amides is 1. The number of anilines is 1. The van der Waals surface area contributed by atoms with E-state index in [0.717, 1.165) is 37.6 Å². The molecule has 35 heavy (non-hydrogen) atoms. The summed E-state index contributed by atoms with van der Waals surface area (Å²) < 4.78 is 0. The van der Waals surface area contributed by atoms with Crippen molar-refractivity contribution in [1.82, 2.24) is 15.2 Å². The Morgan fingerprint density at radius 2 is 1.86 bits per heavy atom. The highest BCUT2D eigenvalue weighted by Crippen LogP contribution is 2.34. The first-order chi connectivity index (χ1) is 17.1. The number of phenols is 1. The van der Waals surface area contributed by atoms with Gasteiger partial charge in [-0.15, -0.1) is 0 Å². The predicted octanol–water partition coefficient (Wildman–Crippen LogP) is 6.55. The highest BCUT2D eigenvalue weighted by atomic mass is 32.2. The van der Waals surface area contributed by atoms with Gasteiger partial charge in [0, 0.05) is 21.4 Å². The summed E-state index contributed by atoms with van der Waals surface area (Å²) in [7, 11) is 0. The Hall–Kier alpha value is -4.36. The molecule has 172 valence electrons. The second-order valence-electron chi connectivity index (χ2n) is 7.93. The second kappa shape index (κ2) is 9.87. The van der Waals surface area contributed by atoms with Crippen LogP contribution in [0.4, 0.5) is 5.69 Å². The van der Waals surface area contributed by atoms with E-state index in [9.17, 15) is 9.90 Å². The van der Waals surface area contributed by atoms with E-state index in [4.69, 9.17) is 0 Å². The molecule has 0 saturated carbocycles. The maximum Gasteiger partial charge on any atom is 0.256 e. The summed E-state index contributed by atoms with van der Waals surface area (Å²) in [6.07, 6.45) is 5.63. The van der Waals surface area contributed by atoms with Crippen molar-refractivity contribution in [2.24, 2.45) is 0 Å². The molecule has 6 nitrogen and oxygen atoms in total. The standard InChI is InChI=1S/C28H22N4O2S/c1-18-7-6-10-25(33)27(18)30-28(34)22-9-2-3-11-26(22)35-20-13-14-21-23(31-32-24(21)17-20)15-12-19-8-4-5-16-29-19/h2-17,33H,1H3,(H,30,34)(H,31,32)/b15-12+. The Labute approximate surface area is 206 Å². The molecular formula is C28H22N4O2S. The second-order valence-corrected chi connectivity index (χ2v) is 9.04. The van der Waals surface area contributed by atoms with Crippen LogP contribution < -0.4 is 5.32 Å². The summed E-state index contributed by atoms with van der Waals surface area (Å²) in [6, 6.07) is 24.4. The summed E-state index contributed by atoms with van der Waals surface area (Å²) >= 11 is 1.50. The van der Waals surface area contributed by atoms with E-state index in [-0.39, 0.29) is 11.7 Å². The van der Waals surface area contributed by atoms with Crippen LogP contribution in [0.5, 0.6) is 5.75 Å². The van der Waals surface area contributed by atoms with Crippen LogP contribution in [0.2, 0.25) is 0 Å². The molecule has 0 aliphatic rings. The van der Waals surface area contributed by atoms with Gasteiger partial charge < -0.3 is 10.4 Å². The summed E-state index contributed by atoms with van der Waals surface area (Å²) in [5.74, 6) is -0.233. The van der Waals surface area contributed by atoms with Crippen LogP contribution in [0, 0.1) is 6.92 Å². The number of aromatic nitrogens is 3. The maximum atomic E-state index is 13.1. The molecule has 0 radical (unpaired) electrons. The molecule has 0 aliphatic carbocycles. The minimum absolute atomic E-state index is 0.0427. The quantitative estimate of drug-likeness (QED) is 0.241. The zero-order valence-corrected chi connectivity index (χ0v) is 19.7. The van der Waals surface area contributed by atoms with Gasteiger partial charge in [0.1, 0.15) is 5.75 Å². The monoisotopic (exact) mass is 478 g/mol. The molecular weight excluding hydrogens is 456 g/mol. The van der Waals surface area contributed by atoms with Crippen LogP contribution in [0.1, 0.15) is 27.3 Å². The van der Waals surface area contributed by atoms with Gasteiger partial charge >= 0.3 is 0 Å². The Bertz CT molecular complexity index is 1520. The summed E-state index contributed by atoms with van der Waals surface area (Å²) in [4.78, 5) is 19.2. The third kappa shape index (κ3) is 4.95. The lowest BCUT2D eigenvalue weighted by molar-refractivity contribution is 0.102. The Balaban J connectivity index is 1.38. The predicted molar refractivity (Wildman–Crippen MR) is 141 cm³/mol. The number of para-hydroxylation sites is 1. The van der Waals surface area contributed by atoms with E-state index >= 15 is 0 Å². The number of H-pyrrole nitrogens is 1. The number of aryl methyl sites for hydroxylation is 1. The lowest BCUT2D eigenvalue weighted by atomic mass is 10.1. The Morgan fingerprint density at radius 1 is 1.00 bits per heavy atom. The summed E-state index contributed by atoms with van der Waals surface area (Å²) in [5.41, 5.74) is 4.35. The fourth-order valence-corrected chi connectivity index (χ4v) is 4.70. The number of aromatic amines is 1. The van der Waals surface area contributed by atoms with Gasteiger partial charge in [-0.25, -0.2) is 0 Å². The molecule has 7 heteroatoms. The van der Waals surface area contributed by atoms with Gasteiger partial charge in [-0.1, -0.05) is 42.1 Å². The number of hydrogen-bond donors (Lipinski definition) is 3. The highest BCUT2D eigenvalue weighted by molar-refractivity contribution is 7.99. The number of carbonyl (C=O) groups excluding carboxylic acids is 1. The van der Waals surface area contributed by atoms with Crippen molar-refractivity contribution in [2.75, 3.05) is 5.32 Å². The first-order valence-corrected chi connectivity index (χ1v) is 11.8. The number of rotatable bonds is 6. The van der Waals surface area contributed by atoms with Crippen molar-refractivity contribution in [2.45, 2.75) is 16.7 Å². The van der Waals surface area contributed by atoms with Crippen molar-refractivity contribution in [3.8, 4) is 5.75 Å². The van der Waals surface area contributed by atoms with Crippen molar-refractivity contribution in [3.05, 3.63) is 108 Å². The molecule has 0 atom stereocenters. The first kappa shape index (κ1) is 22.4. The van der Waals surface area contributed by atoms with Crippen molar-refractivity contribution >= 4 is 46.4 Å². The van der Waals surface area contributed by atoms with E-state index < -0.39 is 0 Å². The van der Waals surface area contributed by atoms with Gasteiger partial charge in [0.05, 0.1) is 28.2 Å². The van der Waals surface area contributed by atoms with Crippen molar-refractivity contribution < 1.29 is 9.90 Å². The summed E-state index contributed by atoms with van der Waals surface area (Å²) in [5, 5.41) is 21.5. The minimum atomic E-state index is -0.276. The van der Waals surface area contributed by atoms with Crippen LogP contribution >= 0.6 is 11.8 Å². The molecule has 5 rings (SSSR count). The molecule has 0 fully saturated rings. The van der Waals surface area contributed by atoms with Gasteiger partial charge in [0.15, 0.2) is 0 Å². The highest BCUT2D eigenvalue weighted by Gasteiger charge is 2.15. The number of aromatic hydroxyl groups is 1. The van der Waals surface area contributed by atoms with Crippen molar-refractivity contribution in [1.29, 1.82) is 0 Å². The number of carbonyl (C=O) groups is 1. The molecule has 3 aromatic carbocycles. The third-order valence-corrected chi connectivity index (χ3v) is 6.58. The van der Waals surface area contributed by atoms with Crippen LogP contribution in [0.25, 0.3) is 23.1 Å². The number of fused-ring (bicyclic) bond motifs is 1. The minimum Gasteiger partial charge on any atom is -0.506 e. The van der Waals surface area contributed by atoms with Crippen LogP contribution in [-0.2, 0) is 0 Å². The average molecular weight is 479 g/mol. The number of hydrogen-bond acceptors (Lipinski definition) is 5. The third-order valence-electron chi connectivity index (χ3n) is 5.51. The molecule has 3 N–H and O–H groups in total. The van der Waals surface area contributed by atoms with Gasteiger partial charge in [-0.3, -0.25) is 14.9 Å². The number of nitrogens with one attached hydrogen (secondary N) is 2. The summed E-state index contributed by atoms with van der Waals surface area (Å²) in [6.45, 7) is 1.84. The van der Waals surface area contributed by atoms with E-state index in [1.165, 1.54) is 11.8 Å². The molecule has 0 aliphatic heterocycles. The molecule has 0 saturated heterocycles. The molecule has 0 unspecified atom stereocenters. The molecule has 2 aromatic heterocycles. The topological polar surface area (TPSA) is 90.9 Å². The SMILES string of the molecule is Cc1cccc(O)c1NC(=O)c1ccccc1Sc1ccc2c(/C=C/c3ccccn3)n[nH]c2c1. The molecule has 0 spiro atoms. The Morgan fingerprint density at radius 3 is 2.69 bits per heavy atom. The van der Waals surface area contributed by atoms with Crippen LogP contribution in [0.3, 0.4) is 0 Å². The van der Waals surface area contributed by atoms with Gasteiger partial charge in [-0.05, 0) is 73.2 Å². The van der Waals surface area contributed by atoms with Gasteiger partial charge in [0.25, 0.3) is 5.91 Å². The molecule has 0 bridgehead atoms.